The van der Waals surface area contributed by atoms with E-state index in [1.54, 1.807) is 12.0 Å². The normalized spacial score (nSPS) is 10.7. The molecule has 0 N–H and O–H groups in total. The van der Waals surface area contributed by atoms with Crippen molar-refractivity contribution in [3.05, 3.63) is 27.7 Å². The Morgan fingerprint density at radius 1 is 1.32 bits per heavy atom. The van der Waals surface area contributed by atoms with Crippen LogP contribution in [0.25, 0.3) is 0 Å². The number of benzene rings is 1. The van der Waals surface area contributed by atoms with Crippen molar-refractivity contribution in [2.45, 2.75) is 33.6 Å². The number of rotatable bonds is 5. The molecule has 0 bridgehead atoms. The van der Waals surface area contributed by atoms with Gasteiger partial charge in [-0.3, -0.25) is 4.79 Å². The molecule has 0 aromatic heterocycles. The summed E-state index contributed by atoms with van der Waals surface area (Å²) >= 11 is 3.49. The largest absolute Gasteiger partial charge is 0.495 e. The lowest BCUT2D eigenvalue weighted by Crippen LogP contribution is -2.31. The van der Waals surface area contributed by atoms with Crippen molar-refractivity contribution in [3.63, 3.8) is 0 Å². The first-order valence-corrected chi connectivity index (χ1v) is 7.42. The Morgan fingerprint density at radius 2 is 1.89 bits per heavy atom. The highest BCUT2D eigenvalue weighted by Crippen LogP contribution is 2.33. The number of methoxy groups -OCH3 is 1. The number of halogens is 1. The number of carbonyl (C=O) groups excluding carboxylic acids is 1. The molecule has 1 aromatic rings. The van der Waals surface area contributed by atoms with Gasteiger partial charge in [0.2, 0.25) is 0 Å². The van der Waals surface area contributed by atoms with Gasteiger partial charge in [-0.05, 0) is 53.4 Å². The molecule has 19 heavy (non-hydrogen) atoms. The molecule has 0 spiro atoms. The third kappa shape index (κ3) is 3.50. The van der Waals surface area contributed by atoms with E-state index in [1.807, 2.05) is 26.0 Å². The topological polar surface area (TPSA) is 29.5 Å². The molecule has 0 aliphatic rings. The van der Waals surface area contributed by atoms with Crippen LogP contribution in [-0.2, 0) is 0 Å². The predicted molar refractivity (Wildman–Crippen MR) is 82.0 cm³/mol. The zero-order valence-corrected chi connectivity index (χ0v) is 13.9. The van der Waals surface area contributed by atoms with Gasteiger partial charge in [-0.2, -0.15) is 0 Å². The van der Waals surface area contributed by atoms with Crippen molar-refractivity contribution >= 4 is 21.8 Å². The van der Waals surface area contributed by atoms with E-state index < -0.39 is 0 Å². The summed E-state index contributed by atoms with van der Waals surface area (Å²) in [5.74, 6) is 0.997. The van der Waals surface area contributed by atoms with Gasteiger partial charge in [0.25, 0.3) is 5.91 Å². The molecule has 3 nitrogen and oxygen atoms in total. The van der Waals surface area contributed by atoms with Crippen molar-refractivity contribution in [1.82, 2.24) is 4.90 Å². The van der Waals surface area contributed by atoms with Crippen LogP contribution in [0.3, 0.4) is 0 Å². The Labute approximate surface area is 124 Å². The number of hydrogen-bond donors (Lipinski definition) is 0. The lowest BCUT2D eigenvalue weighted by Gasteiger charge is -2.21. The van der Waals surface area contributed by atoms with Crippen molar-refractivity contribution in [3.8, 4) is 5.75 Å². The number of nitrogens with zero attached hydrogens (tertiary/aromatic N) is 1. The van der Waals surface area contributed by atoms with Crippen LogP contribution in [0.2, 0.25) is 0 Å². The van der Waals surface area contributed by atoms with Gasteiger partial charge in [-0.15, -0.1) is 0 Å². The fraction of sp³-hybridized carbons (Fsp3) is 0.533. The summed E-state index contributed by atoms with van der Waals surface area (Å²) in [6.45, 7) is 9.58. The van der Waals surface area contributed by atoms with E-state index in [0.717, 1.165) is 10.0 Å². The summed E-state index contributed by atoms with van der Waals surface area (Å²) in [6, 6.07) is 3.96. The first-order chi connectivity index (χ1) is 8.96. The zero-order chi connectivity index (χ0) is 14.6. The van der Waals surface area contributed by atoms with Gasteiger partial charge in [0.1, 0.15) is 5.75 Å². The quantitative estimate of drug-likeness (QED) is 0.816. The van der Waals surface area contributed by atoms with Gasteiger partial charge in [-0.1, -0.05) is 13.8 Å². The van der Waals surface area contributed by atoms with Crippen LogP contribution in [0.4, 0.5) is 0 Å². The first-order valence-electron chi connectivity index (χ1n) is 6.62. The molecule has 0 saturated heterocycles. The van der Waals surface area contributed by atoms with Gasteiger partial charge in [-0.25, -0.2) is 0 Å². The lowest BCUT2D eigenvalue weighted by atomic mass is 9.99. The Bertz CT molecular complexity index is 454. The number of hydrogen-bond acceptors (Lipinski definition) is 2. The second-order valence-electron chi connectivity index (χ2n) is 4.72. The van der Waals surface area contributed by atoms with Crippen LogP contribution in [0, 0.1) is 0 Å². The van der Waals surface area contributed by atoms with Crippen molar-refractivity contribution in [1.29, 1.82) is 0 Å². The van der Waals surface area contributed by atoms with Gasteiger partial charge >= 0.3 is 0 Å². The molecule has 4 heteroatoms. The second kappa shape index (κ2) is 6.94. The van der Waals surface area contributed by atoms with Crippen LogP contribution in [0.15, 0.2) is 16.6 Å². The molecule has 0 saturated carbocycles. The fourth-order valence-corrected chi connectivity index (χ4v) is 2.64. The maximum Gasteiger partial charge on any atom is 0.257 e. The minimum absolute atomic E-state index is 0.0186. The van der Waals surface area contributed by atoms with E-state index in [4.69, 9.17) is 4.74 Å². The monoisotopic (exact) mass is 327 g/mol. The second-order valence-corrected chi connectivity index (χ2v) is 5.57. The van der Waals surface area contributed by atoms with E-state index in [9.17, 15) is 4.79 Å². The minimum atomic E-state index is 0.0186. The summed E-state index contributed by atoms with van der Waals surface area (Å²) in [4.78, 5) is 14.3. The molecular weight excluding hydrogens is 306 g/mol. The summed E-state index contributed by atoms with van der Waals surface area (Å²) in [5.41, 5.74) is 1.76. The first kappa shape index (κ1) is 16.0. The Kier molecular flexibility index (Phi) is 5.85. The summed E-state index contributed by atoms with van der Waals surface area (Å²) < 4.78 is 6.21. The molecular formula is C15H22BrNO2. The van der Waals surface area contributed by atoms with Crippen LogP contribution in [-0.4, -0.2) is 31.0 Å². The minimum Gasteiger partial charge on any atom is -0.495 e. The van der Waals surface area contributed by atoms with E-state index in [2.05, 4.69) is 29.8 Å². The SMILES string of the molecule is CCN(CC)C(=O)c1cc(C(C)C)cc(Br)c1OC. The third-order valence-corrected chi connectivity index (χ3v) is 3.81. The van der Waals surface area contributed by atoms with Crippen molar-refractivity contribution in [2.75, 3.05) is 20.2 Å². The molecule has 1 rings (SSSR count). The summed E-state index contributed by atoms with van der Waals surface area (Å²) in [5, 5.41) is 0. The molecule has 0 aliphatic heterocycles. The maximum absolute atomic E-state index is 12.5. The van der Waals surface area contributed by atoms with Crippen molar-refractivity contribution in [2.24, 2.45) is 0 Å². The molecule has 0 aliphatic carbocycles. The van der Waals surface area contributed by atoms with Gasteiger partial charge in [0.05, 0.1) is 17.1 Å². The van der Waals surface area contributed by atoms with Gasteiger partial charge in [0, 0.05) is 13.1 Å². The third-order valence-electron chi connectivity index (χ3n) is 3.22. The van der Waals surface area contributed by atoms with E-state index in [-0.39, 0.29) is 5.91 Å². The molecule has 0 unspecified atom stereocenters. The lowest BCUT2D eigenvalue weighted by molar-refractivity contribution is 0.0769. The van der Waals surface area contributed by atoms with Gasteiger partial charge < -0.3 is 9.64 Å². The maximum atomic E-state index is 12.5. The van der Waals surface area contributed by atoms with Crippen LogP contribution >= 0.6 is 15.9 Å². The highest BCUT2D eigenvalue weighted by Gasteiger charge is 2.21. The fourth-order valence-electron chi connectivity index (χ4n) is 2.00. The Hall–Kier alpha value is -1.03. The van der Waals surface area contributed by atoms with E-state index in [1.165, 1.54) is 0 Å². The number of ether oxygens (including phenoxy) is 1. The Balaban J connectivity index is 3.34. The standard InChI is InChI=1S/C15H22BrNO2/c1-6-17(7-2)15(18)12-8-11(10(3)4)9-13(16)14(12)19-5/h8-10H,6-7H2,1-5H3. The summed E-state index contributed by atoms with van der Waals surface area (Å²) in [7, 11) is 1.59. The van der Waals surface area contributed by atoms with E-state index in [0.29, 0.717) is 30.3 Å². The number of amides is 1. The molecule has 1 aromatic carbocycles. The van der Waals surface area contributed by atoms with Crippen LogP contribution < -0.4 is 4.74 Å². The highest BCUT2D eigenvalue weighted by molar-refractivity contribution is 9.10. The van der Waals surface area contributed by atoms with Crippen LogP contribution in [0.5, 0.6) is 5.75 Å². The molecule has 0 atom stereocenters. The molecule has 106 valence electrons. The smallest absolute Gasteiger partial charge is 0.257 e. The number of carbonyl (C=O) groups is 1. The van der Waals surface area contributed by atoms with Gasteiger partial charge in [0.15, 0.2) is 0 Å². The van der Waals surface area contributed by atoms with Crippen molar-refractivity contribution < 1.29 is 9.53 Å². The average molecular weight is 328 g/mol. The molecule has 0 heterocycles. The Morgan fingerprint density at radius 3 is 2.32 bits per heavy atom. The highest BCUT2D eigenvalue weighted by atomic mass is 79.9. The summed E-state index contributed by atoms with van der Waals surface area (Å²) in [6.07, 6.45) is 0. The molecule has 1 amide bonds. The molecule has 0 radical (unpaired) electrons. The predicted octanol–water partition coefficient (Wildman–Crippen LogP) is 4.06. The molecule has 0 fully saturated rings. The van der Waals surface area contributed by atoms with E-state index >= 15 is 0 Å². The zero-order valence-electron chi connectivity index (χ0n) is 12.3. The van der Waals surface area contributed by atoms with Crippen LogP contribution in [0.1, 0.15) is 49.5 Å². The average Bonchev–Trinajstić information content (AvgIpc) is 2.38.